The van der Waals surface area contributed by atoms with Crippen LogP contribution in [0.3, 0.4) is 0 Å². The summed E-state index contributed by atoms with van der Waals surface area (Å²) in [6.07, 6.45) is 0.593. The Bertz CT molecular complexity index is 504. The van der Waals surface area contributed by atoms with Crippen molar-refractivity contribution in [1.29, 1.82) is 0 Å². The number of hydrogen-bond donors (Lipinski definition) is 2. The zero-order valence-electron chi connectivity index (χ0n) is 10.9. The Morgan fingerprint density at radius 1 is 1.40 bits per heavy atom. The van der Waals surface area contributed by atoms with Crippen molar-refractivity contribution in [3.63, 3.8) is 0 Å². The number of carbonyl (C=O) groups excluding carboxylic acids is 3. The molecule has 1 aromatic carbocycles. The molecule has 0 heterocycles. The van der Waals surface area contributed by atoms with Crippen LogP contribution < -0.4 is 5.46 Å². The molecule has 0 atom stereocenters. The van der Waals surface area contributed by atoms with Crippen molar-refractivity contribution < 1.29 is 29.3 Å². The number of aldehydes is 1. The van der Waals surface area contributed by atoms with E-state index in [4.69, 9.17) is 14.9 Å². The lowest BCUT2D eigenvalue weighted by atomic mass is 9.80. The summed E-state index contributed by atoms with van der Waals surface area (Å²) in [5, 5.41) is 18.7. The van der Waals surface area contributed by atoms with E-state index in [1.807, 2.05) is 0 Å². The van der Waals surface area contributed by atoms with E-state index in [9.17, 15) is 14.4 Å². The Morgan fingerprint density at radius 3 is 2.70 bits per heavy atom. The lowest BCUT2D eigenvalue weighted by molar-refractivity contribution is -0.161. The molecule has 0 bridgehead atoms. The maximum absolute atomic E-state index is 11.8. The summed E-state index contributed by atoms with van der Waals surface area (Å²) in [4.78, 5) is 38.2. The molecule has 0 aromatic heterocycles. The van der Waals surface area contributed by atoms with E-state index in [1.165, 1.54) is 31.3 Å². The van der Waals surface area contributed by atoms with Crippen molar-refractivity contribution in [2.24, 2.45) is 0 Å². The van der Waals surface area contributed by atoms with Gasteiger partial charge >= 0.3 is 13.1 Å². The van der Waals surface area contributed by atoms with Crippen molar-refractivity contribution in [2.45, 2.75) is 12.8 Å². The molecule has 8 heteroatoms. The van der Waals surface area contributed by atoms with Crippen LogP contribution >= 0.6 is 0 Å². The zero-order chi connectivity index (χ0) is 15.1. The van der Waals surface area contributed by atoms with Gasteiger partial charge in [0, 0.05) is 19.9 Å². The van der Waals surface area contributed by atoms with Gasteiger partial charge in [0.05, 0.1) is 5.56 Å². The van der Waals surface area contributed by atoms with E-state index >= 15 is 0 Å². The lowest BCUT2D eigenvalue weighted by Crippen LogP contribution is -2.32. The first kappa shape index (κ1) is 15.9. The molecule has 0 aliphatic rings. The molecule has 1 rings (SSSR count). The molecule has 0 fully saturated rings. The molecule has 0 aliphatic carbocycles. The van der Waals surface area contributed by atoms with Crippen molar-refractivity contribution in [3.05, 3.63) is 29.8 Å². The topological polar surface area (TPSA) is 104 Å². The zero-order valence-corrected chi connectivity index (χ0v) is 10.9. The maximum atomic E-state index is 11.8. The molecule has 7 nitrogen and oxygen atoms in total. The van der Waals surface area contributed by atoms with Gasteiger partial charge in [-0.1, -0.05) is 12.1 Å². The van der Waals surface area contributed by atoms with Crippen molar-refractivity contribution in [1.82, 2.24) is 5.06 Å². The number of amides is 1. The van der Waals surface area contributed by atoms with Gasteiger partial charge in [-0.3, -0.25) is 4.79 Å². The van der Waals surface area contributed by atoms with E-state index in [0.717, 1.165) is 5.06 Å². The van der Waals surface area contributed by atoms with Gasteiger partial charge in [0.1, 0.15) is 6.29 Å². The minimum Gasteiger partial charge on any atom is -0.423 e. The highest BCUT2D eigenvalue weighted by Gasteiger charge is 2.18. The van der Waals surface area contributed by atoms with E-state index < -0.39 is 19.0 Å². The van der Waals surface area contributed by atoms with Gasteiger partial charge in [-0.05, 0) is 17.6 Å². The van der Waals surface area contributed by atoms with Crippen LogP contribution in [-0.2, 0) is 14.4 Å². The van der Waals surface area contributed by atoms with Gasteiger partial charge in [0.25, 0.3) is 5.91 Å². The van der Waals surface area contributed by atoms with Crippen LogP contribution in [-0.4, -0.2) is 47.4 Å². The van der Waals surface area contributed by atoms with E-state index in [1.54, 1.807) is 0 Å². The third kappa shape index (κ3) is 4.49. The minimum atomic E-state index is -1.70. The highest BCUT2D eigenvalue weighted by Crippen LogP contribution is 2.03. The monoisotopic (exact) mass is 279 g/mol. The van der Waals surface area contributed by atoms with Crippen LogP contribution in [0.15, 0.2) is 24.3 Å². The largest absolute Gasteiger partial charge is 0.488 e. The molecular weight excluding hydrogens is 265 g/mol. The first-order valence-corrected chi connectivity index (χ1v) is 5.84. The number of benzene rings is 1. The molecular formula is C12H14BNO6. The van der Waals surface area contributed by atoms with Crippen molar-refractivity contribution in [2.75, 3.05) is 7.05 Å². The summed E-state index contributed by atoms with van der Waals surface area (Å²) < 4.78 is 0. The quantitative estimate of drug-likeness (QED) is 0.402. The Hall–Kier alpha value is -2.19. The fourth-order valence-electron chi connectivity index (χ4n) is 1.39. The van der Waals surface area contributed by atoms with Gasteiger partial charge in [0.15, 0.2) is 0 Å². The predicted molar refractivity (Wildman–Crippen MR) is 69.8 cm³/mol. The highest BCUT2D eigenvalue weighted by atomic mass is 16.7. The smallest absolute Gasteiger partial charge is 0.423 e. The molecule has 0 saturated heterocycles. The molecule has 2 N–H and O–H groups in total. The Kier molecular flexibility index (Phi) is 5.88. The summed E-state index contributed by atoms with van der Waals surface area (Å²) in [5.74, 6) is -1.32. The number of rotatable bonds is 5. The van der Waals surface area contributed by atoms with Crippen LogP contribution in [0.25, 0.3) is 0 Å². The standard InChI is InChI=1S/C12H14BNO6/c1-14(11(16)6-3-7-15)20-12(17)9-4-2-5-10(8-9)13(18)19/h2,4-5,7-8,18-19H,3,6H2,1H3. The number of hydroxylamine groups is 2. The summed E-state index contributed by atoms with van der Waals surface area (Å²) in [7, 11) is -0.440. The fourth-order valence-corrected chi connectivity index (χ4v) is 1.39. The average Bonchev–Trinajstić information content (AvgIpc) is 2.44. The van der Waals surface area contributed by atoms with Crippen LogP contribution in [0, 0.1) is 0 Å². The fraction of sp³-hybridized carbons (Fsp3) is 0.250. The van der Waals surface area contributed by atoms with Gasteiger partial charge in [-0.25, -0.2) is 4.79 Å². The molecule has 106 valence electrons. The molecule has 0 saturated carbocycles. The van der Waals surface area contributed by atoms with E-state index in [0.29, 0.717) is 6.29 Å². The van der Waals surface area contributed by atoms with E-state index in [-0.39, 0.29) is 23.9 Å². The Morgan fingerprint density at radius 2 is 2.10 bits per heavy atom. The van der Waals surface area contributed by atoms with Gasteiger partial charge in [-0.15, -0.1) is 0 Å². The third-order valence-electron chi connectivity index (χ3n) is 2.47. The van der Waals surface area contributed by atoms with Crippen LogP contribution in [0.1, 0.15) is 23.2 Å². The molecule has 1 aromatic rings. The van der Waals surface area contributed by atoms with Crippen molar-refractivity contribution >= 4 is 30.7 Å². The molecule has 0 unspecified atom stereocenters. The lowest BCUT2D eigenvalue weighted by Gasteiger charge is -2.15. The van der Waals surface area contributed by atoms with E-state index in [2.05, 4.69) is 0 Å². The van der Waals surface area contributed by atoms with Gasteiger partial charge in [0.2, 0.25) is 0 Å². The van der Waals surface area contributed by atoms with Crippen molar-refractivity contribution in [3.8, 4) is 0 Å². The predicted octanol–water partition coefficient (Wildman–Crippen LogP) is -1.12. The summed E-state index contributed by atoms with van der Waals surface area (Å²) in [6, 6.07) is 5.55. The second-order valence-corrected chi connectivity index (χ2v) is 3.97. The number of nitrogens with zero attached hydrogens (tertiary/aromatic N) is 1. The molecule has 1 amide bonds. The molecule has 20 heavy (non-hydrogen) atoms. The van der Waals surface area contributed by atoms with Crippen LogP contribution in [0.4, 0.5) is 0 Å². The third-order valence-corrected chi connectivity index (χ3v) is 2.47. The Balaban J connectivity index is 2.68. The molecule has 0 spiro atoms. The molecule has 0 radical (unpaired) electrons. The average molecular weight is 279 g/mol. The normalized spacial score (nSPS) is 9.75. The van der Waals surface area contributed by atoms with Crippen LogP contribution in [0.2, 0.25) is 0 Å². The SMILES string of the molecule is CN(OC(=O)c1cccc(B(O)O)c1)C(=O)CCC=O. The maximum Gasteiger partial charge on any atom is 0.488 e. The number of carbonyl (C=O) groups is 3. The first-order chi connectivity index (χ1) is 9.45. The summed E-state index contributed by atoms with van der Waals surface area (Å²) >= 11 is 0. The second-order valence-electron chi connectivity index (χ2n) is 3.97. The highest BCUT2D eigenvalue weighted by molar-refractivity contribution is 6.58. The second kappa shape index (κ2) is 7.42. The summed E-state index contributed by atoms with van der Waals surface area (Å²) in [6.45, 7) is 0. The number of hydrogen-bond acceptors (Lipinski definition) is 6. The first-order valence-electron chi connectivity index (χ1n) is 5.84. The minimum absolute atomic E-state index is 0.0485. The van der Waals surface area contributed by atoms with Gasteiger partial charge in [-0.2, -0.15) is 5.06 Å². The van der Waals surface area contributed by atoms with Crippen LogP contribution in [0.5, 0.6) is 0 Å². The van der Waals surface area contributed by atoms with Gasteiger partial charge < -0.3 is 19.7 Å². The molecule has 0 aliphatic heterocycles. The Labute approximate surface area is 115 Å². The summed E-state index contributed by atoms with van der Waals surface area (Å²) in [5.41, 5.74) is 0.208.